The van der Waals surface area contributed by atoms with E-state index in [0.717, 1.165) is 6.26 Å². The fraction of sp³-hybridized carbons (Fsp3) is 0.500. The molecule has 1 saturated carbocycles. The molecule has 0 spiro atoms. The maximum atomic E-state index is 11.6. The van der Waals surface area contributed by atoms with Gasteiger partial charge in [0.05, 0.1) is 18.1 Å². The molecule has 0 heterocycles. The number of hydrogen-bond donors (Lipinski definition) is 0. The molecule has 16 heavy (non-hydrogen) atoms. The molecule has 1 aliphatic rings. The zero-order valence-electron chi connectivity index (χ0n) is 9.56. The van der Waals surface area contributed by atoms with E-state index in [-0.39, 0.29) is 17.8 Å². The Bertz CT molecular complexity index is 330. The highest BCUT2D eigenvalue weighted by molar-refractivity contribution is 5.87. The average molecular weight is 224 g/mol. The van der Waals surface area contributed by atoms with Gasteiger partial charge in [0.25, 0.3) is 0 Å². The van der Waals surface area contributed by atoms with Gasteiger partial charge in [0.1, 0.15) is 5.60 Å². The maximum Gasteiger partial charge on any atom is 0.314 e. The number of hydrogen-bond acceptors (Lipinski definition) is 4. The van der Waals surface area contributed by atoms with Crippen LogP contribution in [0.25, 0.3) is 0 Å². The Balaban J connectivity index is 2.45. The molecule has 0 N–H and O–H groups in total. The summed E-state index contributed by atoms with van der Waals surface area (Å²) in [5.41, 5.74) is -0.702. The lowest BCUT2D eigenvalue weighted by Crippen LogP contribution is -2.27. The molecule has 0 aromatic heterocycles. The second kappa shape index (κ2) is 4.51. The predicted octanol–water partition coefficient (Wildman–Crippen LogP) is 1.82. The molecule has 2 atom stereocenters. The van der Waals surface area contributed by atoms with Gasteiger partial charge in [-0.2, -0.15) is 0 Å². The van der Waals surface area contributed by atoms with Gasteiger partial charge in [0.2, 0.25) is 0 Å². The lowest BCUT2D eigenvalue weighted by Gasteiger charge is -2.20. The van der Waals surface area contributed by atoms with Crippen LogP contribution in [0, 0.1) is 11.8 Å². The molecule has 88 valence electrons. The van der Waals surface area contributed by atoms with Gasteiger partial charge < -0.3 is 9.47 Å². The summed E-state index contributed by atoms with van der Waals surface area (Å²) in [5.74, 6) is -1.57. The van der Waals surface area contributed by atoms with Crippen LogP contribution in [0.3, 0.4) is 0 Å². The lowest BCUT2D eigenvalue weighted by molar-refractivity contribution is -0.156. The fourth-order valence-electron chi connectivity index (χ4n) is 1.26. The quantitative estimate of drug-likeness (QED) is 0.406. The van der Waals surface area contributed by atoms with Crippen molar-refractivity contribution < 1.29 is 19.1 Å². The molecule has 1 rings (SSSR count). The maximum absolute atomic E-state index is 11.6. The van der Waals surface area contributed by atoms with Gasteiger partial charge in [-0.25, -0.2) is 0 Å². The fourth-order valence-corrected chi connectivity index (χ4v) is 1.26. The Labute approximate surface area is 94.9 Å². The Morgan fingerprint density at radius 3 is 2.31 bits per heavy atom. The first-order valence-electron chi connectivity index (χ1n) is 5.09. The molecular weight excluding hydrogens is 208 g/mol. The van der Waals surface area contributed by atoms with Gasteiger partial charge in [-0.1, -0.05) is 13.2 Å². The molecule has 4 heteroatoms. The van der Waals surface area contributed by atoms with Crippen LogP contribution in [0.15, 0.2) is 25.5 Å². The SMILES string of the molecule is C=COC(=O)C1CC1C(=O)OC(C)(C)C=C. The Morgan fingerprint density at radius 1 is 1.25 bits per heavy atom. The zero-order valence-corrected chi connectivity index (χ0v) is 9.56. The van der Waals surface area contributed by atoms with Crippen molar-refractivity contribution in [3.63, 3.8) is 0 Å². The number of carbonyl (C=O) groups excluding carboxylic acids is 2. The summed E-state index contributed by atoms with van der Waals surface area (Å²) in [7, 11) is 0. The van der Waals surface area contributed by atoms with E-state index in [0.29, 0.717) is 6.42 Å². The summed E-state index contributed by atoms with van der Waals surface area (Å²) in [5, 5.41) is 0. The zero-order chi connectivity index (χ0) is 12.3. The van der Waals surface area contributed by atoms with Crippen LogP contribution in [0.4, 0.5) is 0 Å². The van der Waals surface area contributed by atoms with Crippen molar-refractivity contribution in [2.45, 2.75) is 25.9 Å². The normalized spacial score (nSPS) is 23.1. The van der Waals surface area contributed by atoms with Crippen molar-refractivity contribution in [3.8, 4) is 0 Å². The van der Waals surface area contributed by atoms with Crippen LogP contribution in [-0.2, 0) is 19.1 Å². The van der Waals surface area contributed by atoms with E-state index >= 15 is 0 Å². The van der Waals surface area contributed by atoms with Gasteiger partial charge in [0.15, 0.2) is 0 Å². The van der Waals surface area contributed by atoms with Gasteiger partial charge in [-0.15, -0.1) is 0 Å². The predicted molar refractivity (Wildman–Crippen MR) is 58.3 cm³/mol. The Morgan fingerprint density at radius 2 is 1.81 bits per heavy atom. The second-order valence-electron chi connectivity index (χ2n) is 4.28. The second-order valence-corrected chi connectivity index (χ2v) is 4.28. The van der Waals surface area contributed by atoms with E-state index < -0.39 is 11.6 Å². The molecule has 2 unspecified atom stereocenters. The highest BCUT2D eigenvalue weighted by Gasteiger charge is 2.51. The van der Waals surface area contributed by atoms with Gasteiger partial charge in [-0.05, 0) is 26.3 Å². The molecular formula is C12H16O4. The van der Waals surface area contributed by atoms with Crippen LogP contribution in [0.5, 0.6) is 0 Å². The lowest BCUT2D eigenvalue weighted by atomic mass is 10.1. The van der Waals surface area contributed by atoms with Crippen molar-refractivity contribution in [2.75, 3.05) is 0 Å². The monoisotopic (exact) mass is 224 g/mol. The van der Waals surface area contributed by atoms with E-state index in [1.165, 1.54) is 0 Å². The molecule has 0 aromatic rings. The van der Waals surface area contributed by atoms with Crippen LogP contribution in [0.1, 0.15) is 20.3 Å². The van der Waals surface area contributed by atoms with Crippen molar-refractivity contribution in [1.82, 2.24) is 0 Å². The highest BCUT2D eigenvalue weighted by atomic mass is 16.6. The summed E-state index contributed by atoms with van der Waals surface area (Å²) in [6.45, 7) is 10.3. The molecule has 0 radical (unpaired) electrons. The molecule has 0 saturated heterocycles. The smallest absolute Gasteiger partial charge is 0.314 e. The first-order valence-corrected chi connectivity index (χ1v) is 5.09. The highest BCUT2D eigenvalue weighted by Crippen LogP contribution is 2.41. The van der Waals surface area contributed by atoms with Crippen molar-refractivity contribution in [2.24, 2.45) is 11.8 Å². The van der Waals surface area contributed by atoms with Crippen molar-refractivity contribution >= 4 is 11.9 Å². The minimum Gasteiger partial charge on any atom is -0.455 e. The number of ether oxygens (including phenoxy) is 2. The molecule has 0 aromatic carbocycles. The summed E-state index contributed by atoms with van der Waals surface area (Å²) in [6.07, 6.45) is 3.10. The molecule has 1 fully saturated rings. The average Bonchev–Trinajstić information content (AvgIpc) is 2.97. The van der Waals surface area contributed by atoms with Crippen LogP contribution in [0.2, 0.25) is 0 Å². The van der Waals surface area contributed by atoms with Crippen LogP contribution < -0.4 is 0 Å². The van der Waals surface area contributed by atoms with E-state index in [1.54, 1.807) is 19.9 Å². The summed E-state index contributed by atoms with van der Waals surface area (Å²) in [4.78, 5) is 22.8. The molecule has 4 nitrogen and oxygen atoms in total. The van der Waals surface area contributed by atoms with E-state index in [2.05, 4.69) is 17.9 Å². The van der Waals surface area contributed by atoms with Crippen LogP contribution >= 0.6 is 0 Å². The molecule has 1 aliphatic carbocycles. The standard InChI is InChI=1S/C12H16O4/c1-5-12(3,4)16-11(14)9-7-8(9)10(13)15-6-2/h5-6,8-9H,1-2,7H2,3-4H3. The van der Waals surface area contributed by atoms with Crippen molar-refractivity contribution in [1.29, 1.82) is 0 Å². The van der Waals surface area contributed by atoms with E-state index in [1.807, 2.05) is 0 Å². The molecule has 0 aliphatic heterocycles. The van der Waals surface area contributed by atoms with E-state index in [4.69, 9.17) is 4.74 Å². The number of rotatable bonds is 5. The first-order chi connectivity index (χ1) is 7.41. The van der Waals surface area contributed by atoms with Gasteiger partial charge in [0, 0.05) is 0 Å². The third kappa shape index (κ3) is 2.95. The van der Waals surface area contributed by atoms with E-state index in [9.17, 15) is 9.59 Å². The minimum atomic E-state index is -0.702. The van der Waals surface area contributed by atoms with Gasteiger partial charge in [-0.3, -0.25) is 9.59 Å². The summed E-state index contributed by atoms with van der Waals surface area (Å²) in [6, 6.07) is 0. The largest absolute Gasteiger partial charge is 0.455 e. The topological polar surface area (TPSA) is 52.6 Å². The Hall–Kier alpha value is -1.58. The number of carbonyl (C=O) groups is 2. The summed E-state index contributed by atoms with van der Waals surface area (Å²) < 4.78 is 9.78. The molecule has 0 amide bonds. The Kier molecular flexibility index (Phi) is 3.52. The molecule has 0 bridgehead atoms. The number of esters is 2. The third-order valence-electron chi connectivity index (χ3n) is 2.45. The minimum absolute atomic E-state index is 0.379. The summed E-state index contributed by atoms with van der Waals surface area (Å²) >= 11 is 0. The third-order valence-corrected chi connectivity index (χ3v) is 2.45. The van der Waals surface area contributed by atoms with Gasteiger partial charge >= 0.3 is 11.9 Å². The van der Waals surface area contributed by atoms with Crippen molar-refractivity contribution in [3.05, 3.63) is 25.5 Å². The van der Waals surface area contributed by atoms with Crippen LogP contribution in [-0.4, -0.2) is 17.5 Å². The first kappa shape index (κ1) is 12.5.